The molecule has 0 radical (unpaired) electrons. The highest BCUT2D eigenvalue weighted by Gasteiger charge is 2.12. The summed E-state index contributed by atoms with van der Waals surface area (Å²) in [6.07, 6.45) is 0.416. The summed E-state index contributed by atoms with van der Waals surface area (Å²) in [7, 11) is 0. The minimum atomic E-state index is -0.977. The minimum Gasteiger partial charge on any atom is -0.480 e. The van der Waals surface area contributed by atoms with Crippen LogP contribution in [0.25, 0.3) is 11.5 Å². The Balaban J connectivity index is 1.83. The van der Waals surface area contributed by atoms with E-state index in [2.05, 4.69) is 10.2 Å². The molecule has 1 unspecified atom stereocenters. The summed E-state index contributed by atoms with van der Waals surface area (Å²) in [5.41, 5.74) is 7.48. The predicted octanol–water partition coefficient (Wildman–Crippen LogP) is 2.08. The summed E-state index contributed by atoms with van der Waals surface area (Å²) < 4.78 is 5.57. The minimum absolute atomic E-state index is 0.416. The van der Waals surface area contributed by atoms with E-state index in [9.17, 15) is 4.79 Å². The average Bonchev–Trinajstić information content (AvgIpc) is 2.93. The molecule has 0 saturated carbocycles. The number of aryl methyl sites for hydroxylation is 1. The lowest BCUT2D eigenvalue weighted by Crippen LogP contribution is -2.30. The lowest BCUT2D eigenvalue weighted by atomic mass is 10.1. The number of carbonyl (C=O) groups is 1. The molecule has 0 fully saturated rings. The van der Waals surface area contributed by atoms with Crippen LogP contribution in [0.5, 0.6) is 0 Å². The zero-order chi connectivity index (χ0) is 15.2. The van der Waals surface area contributed by atoms with E-state index < -0.39 is 12.0 Å². The Morgan fingerprint density at radius 3 is 2.76 bits per heavy atom. The Labute approximate surface area is 126 Å². The molecule has 2 rings (SSSR count). The highest BCUT2D eigenvalue weighted by atomic mass is 32.2. The average molecular weight is 307 g/mol. The summed E-state index contributed by atoms with van der Waals surface area (Å²) in [5.74, 6) is 1.23. The zero-order valence-electron chi connectivity index (χ0n) is 11.7. The van der Waals surface area contributed by atoms with E-state index in [1.807, 2.05) is 31.2 Å². The van der Waals surface area contributed by atoms with Gasteiger partial charge in [-0.1, -0.05) is 17.7 Å². The van der Waals surface area contributed by atoms with Crippen LogP contribution in [-0.2, 0) is 10.5 Å². The van der Waals surface area contributed by atoms with Crippen molar-refractivity contribution in [1.29, 1.82) is 0 Å². The fraction of sp³-hybridized carbons (Fsp3) is 0.357. The van der Waals surface area contributed by atoms with Crippen molar-refractivity contribution < 1.29 is 14.3 Å². The van der Waals surface area contributed by atoms with Gasteiger partial charge >= 0.3 is 5.97 Å². The van der Waals surface area contributed by atoms with E-state index in [1.165, 1.54) is 17.3 Å². The molecule has 3 N–H and O–H groups in total. The van der Waals surface area contributed by atoms with Crippen molar-refractivity contribution in [2.24, 2.45) is 5.73 Å². The van der Waals surface area contributed by atoms with Gasteiger partial charge in [0.2, 0.25) is 11.8 Å². The van der Waals surface area contributed by atoms with E-state index in [0.717, 1.165) is 5.56 Å². The van der Waals surface area contributed by atoms with Gasteiger partial charge in [-0.25, -0.2) is 0 Å². The first-order chi connectivity index (χ1) is 10.1. The number of carboxylic acids is 1. The van der Waals surface area contributed by atoms with Crippen LogP contribution in [0.3, 0.4) is 0 Å². The molecule has 0 aliphatic rings. The van der Waals surface area contributed by atoms with Crippen LogP contribution in [0.4, 0.5) is 0 Å². The van der Waals surface area contributed by atoms with Crippen LogP contribution in [-0.4, -0.2) is 33.1 Å². The molecular weight excluding hydrogens is 290 g/mol. The van der Waals surface area contributed by atoms with Crippen LogP contribution in [0.2, 0.25) is 0 Å². The van der Waals surface area contributed by atoms with Gasteiger partial charge in [-0.15, -0.1) is 10.2 Å². The van der Waals surface area contributed by atoms with Crippen LogP contribution in [0.15, 0.2) is 28.7 Å². The molecule has 1 aromatic heterocycles. The third-order valence-corrected chi connectivity index (χ3v) is 3.86. The van der Waals surface area contributed by atoms with Gasteiger partial charge in [-0.2, -0.15) is 11.8 Å². The van der Waals surface area contributed by atoms with Gasteiger partial charge in [0.25, 0.3) is 0 Å². The molecule has 112 valence electrons. The second-order valence-electron chi connectivity index (χ2n) is 4.65. The van der Waals surface area contributed by atoms with Crippen molar-refractivity contribution in [3.8, 4) is 11.5 Å². The topological polar surface area (TPSA) is 102 Å². The first kappa shape index (κ1) is 15.5. The number of nitrogens with zero attached hydrogens (tertiary/aromatic N) is 2. The molecule has 0 saturated heterocycles. The normalized spacial score (nSPS) is 12.3. The van der Waals surface area contributed by atoms with Gasteiger partial charge in [0.05, 0.1) is 5.75 Å². The quantitative estimate of drug-likeness (QED) is 0.755. The molecule has 0 spiro atoms. The van der Waals surface area contributed by atoms with Crippen molar-refractivity contribution in [3.63, 3.8) is 0 Å². The van der Waals surface area contributed by atoms with Crippen LogP contribution >= 0.6 is 11.8 Å². The number of benzene rings is 1. The van der Waals surface area contributed by atoms with E-state index in [-0.39, 0.29) is 0 Å². The van der Waals surface area contributed by atoms with Gasteiger partial charge < -0.3 is 15.3 Å². The Morgan fingerprint density at radius 1 is 1.38 bits per heavy atom. The molecule has 0 aliphatic carbocycles. The second-order valence-corrected chi connectivity index (χ2v) is 5.76. The highest BCUT2D eigenvalue weighted by Crippen LogP contribution is 2.20. The molecule has 7 heteroatoms. The molecule has 0 aliphatic heterocycles. The zero-order valence-corrected chi connectivity index (χ0v) is 12.5. The van der Waals surface area contributed by atoms with E-state index in [1.54, 1.807) is 0 Å². The Bertz CT molecular complexity index is 598. The van der Waals surface area contributed by atoms with Crippen LogP contribution < -0.4 is 5.73 Å². The summed E-state index contributed by atoms with van der Waals surface area (Å²) in [5, 5.41) is 16.7. The fourth-order valence-corrected chi connectivity index (χ4v) is 2.47. The van der Waals surface area contributed by atoms with Gasteiger partial charge in [-0.05, 0) is 31.2 Å². The maximum absolute atomic E-state index is 10.6. The number of hydrogen-bond acceptors (Lipinski definition) is 6. The molecule has 0 amide bonds. The number of rotatable bonds is 7. The first-order valence-electron chi connectivity index (χ1n) is 6.52. The summed E-state index contributed by atoms with van der Waals surface area (Å²) in [6, 6.07) is 7.03. The molecule has 0 bridgehead atoms. The van der Waals surface area contributed by atoms with Crippen LogP contribution in [0.1, 0.15) is 17.9 Å². The molecule has 2 aromatic rings. The third kappa shape index (κ3) is 4.57. The van der Waals surface area contributed by atoms with Crippen molar-refractivity contribution in [3.05, 3.63) is 35.7 Å². The van der Waals surface area contributed by atoms with Crippen LogP contribution in [0, 0.1) is 6.92 Å². The number of carboxylic acid groups (broad SMARTS) is 1. The Hall–Kier alpha value is -1.86. The summed E-state index contributed by atoms with van der Waals surface area (Å²) in [6.45, 7) is 2.02. The second kappa shape index (κ2) is 7.24. The van der Waals surface area contributed by atoms with Crippen molar-refractivity contribution >= 4 is 17.7 Å². The van der Waals surface area contributed by atoms with Crippen molar-refractivity contribution in [2.75, 3.05) is 5.75 Å². The monoisotopic (exact) mass is 307 g/mol. The molecule has 21 heavy (non-hydrogen) atoms. The van der Waals surface area contributed by atoms with Crippen molar-refractivity contribution in [1.82, 2.24) is 10.2 Å². The Kier molecular flexibility index (Phi) is 5.35. The number of aliphatic carboxylic acids is 1. The Morgan fingerprint density at radius 2 is 2.10 bits per heavy atom. The number of nitrogens with two attached hydrogens (primary N) is 1. The lowest BCUT2D eigenvalue weighted by molar-refractivity contribution is -0.138. The number of thioether (sulfide) groups is 1. The molecular formula is C14H17N3O3S. The van der Waals surface area contributed by atoms with E-state index >= 15 is 0 Å². The predicted molar refractivity (Wildman–Crippen MR) is 80.9 cm³/mol. The molecule has 1 aromatic carbocycles. The van der Waals surface area contributed by atoms with Gasteiger partial charge in [-0.3, -0.25) is 4.79 Å². The third-order valence-electron chi connectivity index (χ3n) is 2.88. The molecule has 1 atom stereocenters. The van der Waals surface area contributed by atoms with Gasteiger partial charge in [0.15, 0.2) is 0 Å². The lowest BCUT2D eigenvalue weighted by Gasteiger charge is -2.04. The van der Waals surface area contributed by atoms with E-state index in [0.29, 0.717) is 29.7 Å². The highest BCUT2D eigenvalue weighted by molar-refractivity contribution is 7.98. The maximum atomic E-state index is 10.6. The first-order valence-corrected chi connectivity index (χ1v) is 7.67. The standard InChI is InChI=1S/C14H17N3O3S/c1-9-2-4-10(5-3-9)13-17-16-12(20-13)8-21-7-6-11(15)14(18)19/h2-5,11H,6-8,15H2,1H3,(H,18,19). The molecule has 1 heterocycles. The van der Waals surface area contributed by atoms with Crippen molar-refractivity contribution in [2.45, 2.75) is 25.1 Å². The fourth-order valence-electron chi connectivity index (χ4n) is 1.62. The summed E-state index contributed by atoms with van der Waals surface area (Å²) >= 11 is 1.52. The number of hydrogen-bond donors (Lipinski definition) is 2. The number of aromatic nitrogens is 2. The largest absolute Gasteiger partial charge is 0.480 e. The maximum Gasteiger partial charge on any atom is 0.320 e. The van der Waals surface area contributed by atoms with Gasteiger partial charge in [0.1, 0.15) is 6.04 Å². The summed E-state index contributed by atoms with van der Waals surface area (Å²) in [4.78, 5) is 10.6. The van der Waals surface area contributed by atoms with Gasteiger partial charge in [0, 0.05) is 5.56 Å². The van der Waals surface area contributed by atoms with E-state index in [4.69, 9.17) is 15.3 Å². The SMILES string of the molecule is Cc1ccc(-c2nnc(CSCCC(N)C(=O)O)o2)cc1. The molecule has 6 nitrogen and oxygen atoms in total. The smallest absolute Gasteiger partial charge is 0.320 e.